The fourth-order valence-corrected chi connectivity index (χ4v) is 3.03. The minimum Gasteiger partial charge on any atom is -0.227 e. The second-order valence-corrected chi connectivity index (χ2v) is 6.24. The molecule has 8 heteroatoms. The third-order valence-corrected chi connectivity index (χ3v) is 4.29. The van der Waals surface area contributed by atoms with Crippen molar-refractivity contribution in [2.24, 2.45) is 0 Å². The minimum atomic E-state index is -4.43. The standard InChI is InChI=1S/C13H5Cl2F3N2S/c14-10-4-3-9(21-10)12-19-8-5-6(13(16,17)18)1-2-7(8)11(15)20-12/h1-5H. The summed E-state index contributed by atoms with van der Waals surface area (Å²) in [5, 5.41) is 0.476. The molecule has 108 valence electrons. The molecule has 0 radical (unpaired) electrons. The number of nitrogens with zero attached hydrogens (tertiary/aromatic N) is 2. The lowest BCUT2D eigenvalue weighted by molar-refractivity contribution is -0.137. The summed E-state index contributed by atoms with van der Waals surface area (Å²) in [7, 11) is 0. The Bertz CT molecular complexity index is 830. The third-order valence-electron chi connectivity index (χ3n) is 2.77. The number of rotatable bonds is 1. The van der Waals surface area contributed by atoms with Gasteiger partial charge in [-0.1, -0.05) is 23.2 Å². The second kappa shape index (κ2) is 5.12. The molecule has 0 aliphatic heterocycles. The largest absolute Gasteiger partial charge is 0.416 e. The van der Waals surface area contributed by atoms with Crippen molar-refractivity contribution in [3.8, 4) is 10.7 Å². The van der Waals surface area contributed by atoms with Crippen molar-refractivity contribution in [1.82, 2.24) is 9.97 Å². The van der Waals surface area contributed by atoms with Gasteiger partial charge in [-0.3, -0.25) is 0 Å². The number of alkyl halides is 3. The zero-order valence-corrected chi connectivity index (χ0v) is 12.4. The molecule has 2 nitrogen and oxygen atoms in total. The lowest BCUT2D eigenvalue weighted by atomic mass is 10.1. The first-order valence-corrected chi connectivity index (χ1v) is 7.22. The Balaban J connectivity index is 2.21. The van der Waals surface area contributed by atoms with Crippen LogP contribution in [0.2, 0.25) is 9.49 Å². The molecule has 0 unspecified atom stereocenters. The van der Waals surface area contributed by atoms with E-state index in [0.29, 0.717) is 14.6 Å². The van der Waals surface area contributed by atoms with E-state index in [2.05, 4.69) is 9.97 Å². The molecule has 2 aromatic heterocycles. The Hall–Kier alpha value is -1.37. The molecule has 0 amide bonds. The van der Waals surface area contributed by atoms with Crippen LogP contribution in [-0.2, 0) is 6.18 Å². The second-order valence-electron chi connectivity index (χ2n) is 4.17. The van der Waals surface area contributed by atoms with Crippen molar-refractivity contribution in [1.29, 1.82) is 0 Å². The third kappa shape index (κ3) is 2.84. The molecule has 1 aromatic carbocycles. The van der Waals surface area contributed by atoms with Gasteiger partial charge in [0, 0.05) is 5.39 Å². The molecule has 0 atom stereocenters. The molecule has 0 aliphatic carbocycles. The molecule has 0 bridgehead atoms. The Morgan fingerprint density at radius 2 is 1.76 bits per heavy atom. The van der Waals surface area contributed by atoms with Crippen LogP contribution in [-0.4, -0.2) is 9.97 Å². The summed E-state index contributed by atoms with van der Waals surface area (Å²) in [5.74, 6) is 0.253. The number of benzene rings is 1. The molecule has 0 spiro atoms. The molecule has 0 saturated carbocycles. The normalized spacial score (nSPS) is 12.0. The Labute approximate surface area is 131 Å². The van der Waals surface area contributed by atoms with Gasteiger partial charge in [-0.05, 0) is 30.3 Å². The average molecular weight is 349 g/mol. The lowest BCUT2D eigenvalue weighted by Gasteiger charge is -2.08. The van der Waals surface area contributed by atoms with Gasteiger partial charge in [-0.2, -0.15) is 13.2 Å². The van der Waals surface area contributed by atoms with E-state index >= 15 is 0 Å². The molecule has 2 heterocycles. The molecule has 3 aromatic rings. The van der Waals surface area contributed by atoms with Crippen LogP contribution in [0.3, 0.4) is 0 Å². The first-order chi connectivity index (χ1) is 9.84. The number of hydrogen-bond acceptors (Lipinski definition) is 3. The van der Waals surface area contributed by atoms with Gasteiger partial charge in [0.1, 0.15) is 5.15 Å². The summed E-state index contributed by atoms with van der Waals surface area (Å²) in [4.78, 5) is 8.89. The van der Waals surface area contributed by atoms with Crippen molar-refractivity contribution in [2.75, 3.05) is 0 Å². The maximum Gasteiger partial charge on any atom is 0.416 e. The van der Waals surface area contributed by atoms with E-state index in [-0.39, 0.29) is 16.5 Å². The summed E-state index contributed by atoms with van der Waals surface area (Å²) in [6.07, 6.45) is -4.43. The number of aromatic nitrogens is 2. The van der Waals surface area contributed by atoms with E-state index in [0.717, 1.165) is 12.1 Å². The van der Waals surface area contributed by atoms with Crippen LogP contribution >= 0.6 is 34.5 Å². The number of hydrogen-bond donors (Lipinski definition) is 0. The van der Waals surface area contributed by atoms with Crippen molar-refractivity contribution >= 4 is 45.4 Å². The van der Waals surface area contributed by atoms with Crippen molar-refractivity contribution in [2.45, 2.75) is 6.18 Å². The van der Waals surface area contributed by atoms with Crippen LogP contribution in [0.5, 0.6) is 0 Å². The fraction of sp³-hybridized carbons (Fsp3) is 0.0769. The van der Waals surface area contributed by atoms with Crippen LogP contribution < -0.4 is 0 Å². The first-order valence-electron chi connectivity index (χ1n) is 5.65. The molecule has 0 N–H and O–H groups in total. The molecule has 21 heavy (non-hydrogen) atoms. The van der Waals surface area contributed by atoms with Gasteiger partial charge in [-0.15, -0.1) is 11.3 Å². The molecule has 0 saturated heterocycles. The topological polar surface area (TPSA) is 25.8 Å². The van der Waals surface area contributed by atoms with E-state index < -0.39 is 11.7 Å². The van der Waals surface area contributed by atoms with Gasteiger partial charge < -0.3 is 0 Å². The van der Waals surface area contributed by atoms with E-state index in [1.807, 2.05) is 0 Å². The summed E-state index contributed by atoms with van der Waals surface area (Å²) in [6, 6.07) is 6.54. The van der Waals surface area contributed by atoms with E-state index in [1.54, 1.807) is 12.1 Å². The maximum absolute atomic E-state index is 12.8. The van der Waals surface area contributed by atoms with Crippen LogP contribution in [0.15, 0.2) is 30.3 Å². The first kappa shape index (κ1) is 14.6. The highest BCUT2D eigenvalue weighted by molar-refractivity contribution is 7.19. The summed E-state index contributed by atoms with van der Waals surface area (Å²) >= 11 is 13.1. The van der Waals surface area contributed by atoms with E-state index in [9.17, 15) is 13.2 Å². The van der Waals surface area contributed by atoms with Crippen LogP contribution in [0.1, 0.15) is 5.56 Å². The van der Waals surface area contributed by atoms with E-state index in [1.165, 1.54) is 17.4 Å². The monoisotopic (exact) mass is 348 g/mol. The molecular weight excluding hydrogens is 344 g/mol. The lowest BCUT2D eigenvalue weighted by Crippen LogP contribution is -2.05. The van der Waals surface area contributed by atoms with Gasteiger partial charge in [0.05, 0.1) is 20.3 Å². The van der Waals surface area contributed by atoms with Crippen LogP contribution in [0, 0.1) is 0 Å². The molecule has 3 rings (SSSR count). The smallest absolute Gasteiger partial charge is 0.227 e. The molecule has 0 aliphatic rings. The van der Waals surface area contributed by atoms with Gasteiger partial charge >= 0.3 is 6.18 Å². The van der Waals surface area contributed by atoms with Crippen LogP contribution in [0.25, 0.3) is 21.6 Å². The Kier molecular flexibility index (Phi) is 3.55. The highest BCUT2D eigenvalue weighted by atomic mass is 35.5. The van der Waals surface area contributed by atoms with E-state index in [4.69, 9.17) is 23.2 Å². The quantitative estimate of drug-likeness (QED) is 0.528. The summed E-state index contributed by atoms with van der Waals surface area (Å²) < 4.78 is 38.8. The van der Waals surface area contributed by atoms with Gasteiger partial charge in [0.25, 0.3) is 0 Å². The Morgan fingerprint density at radius 1 is 1.00 bits per heavy atom. The van der Waals surface area contributed by atoms with Crippen molar-refractivity contribution in [3.63, 3.8) is 0 Å². The van der Waals surface area contributed by atoms with Gasteiger partial charge in [0.15, 0.2) is 5.82 Å². The minimum absolute atomic E-state index is 0.105. The number of fused-ring (bicyclic) bond motifs is 1. The molecular formula is C13H5Cl2F3N2S. The number of halogens is 5. The van der Waals surface area contributed by atoms with Gasteiger partial charge in [-0.25, -0.2) is 9.97 Å². The average Bonchev–Trinajstić information content (AvgIpc) is 2.83. The molecule has 0 fully saturated rings. The Morgan fingerprint density at radius 3 is 2.38 bits per heavy atom. The highest BCUT2D eigenvalue weighted by Crippen LogP contribution is 2.34. The predicted octanol–water partition coefficient (Wildman–Crippen LogP) is 5.68. The predicted molar refractivity (Wildman–Crippen MR) is 77.9 cm³/mol. The number of thiophene rings is 1. The van der Waals surface area contributed by atoms with Gasteiger partial charge in [0.2, 0.25) is 0 Å². The summed E-state index contributed by atoms with van der Waals surface area (Å²) in [5.41, 5.74) is -0.635. The summed E-state index contributed by atoms with van der Waals surface area (Å²) in [6.45, 7) is 0. The van der Waals surface area contributed by atoms with Crippen molar-refractivity contribution < 1.29 is 13.2 Å². The van der Waals surface area contributed by atoms with Crippen molar-refractivity contribution in [3.05, 3.63) is 45.4 Å². The fourth-order valence-electron chi connectivity index (χ4n) is 1.81. The maximum atomic E-state index is 12.8. The highest BCUT2D eigenvalue weighted by Gasteiger charge is 2.30. The zero-order valence-electron chi connectivity index (χ0n) is 10.1. The van der Waals surface area contributed by atoms with Crippen LogP contribution in [0.4, 0.5) is 13.2 Å². The SMILES string of the molecule is FC(F)(F)c1ccc2c(Cl)nc(-c3ccc(Cl)s3)nc2c1. The zero-order chi connectivity index (χ0) is 15.2.